The van der Waals surface area contributed by atoms with Crippen LogP contribution < -0.4 is 19.1 Å². The molecule has 1 atom stereocenters. The molecule has 0 heterocycles. The van der Waals surface area contributed by atoms with Crippen molar-refractivity contribution < 1.29 is 27.5 Å². The molecule has 4 rings (SSSR count). The van der Waals surface area contributed by atoms with Gasteiger partial charge in [-0.2, -0.15) is 0 Å². The number of benzene rings is 3. The first-order valence-corrected chi connectivity index (χ1v) is 16.6. The number of rotatable bonds is 12. The van der Waals surface area contributed by atoms with E-state index in [4.69, 9.17) is 44.3 Å². The lowest BCUT2D eigenvalue weighted by Gasteiger charge is -2.32. The fourth-order valence-electron chi connectivity index (χ4n) is 5.05. The van der Waals surface area contributed by atoms with Crippen LogP contribution in [0.15, 0.2) is 65.6 Å². The van der Waals surface area contributed by atoms with E-state index >= 15 is 0 Å². The molecule has 1 aliphatic carbocycles. The lowest BCUT2D eigenvalue weighted by Crippen LogP contribution is -2.52. The molecular weight excluding hydrogens is 649 g/mol. The van der Waals surface area contributed by atoms with Crippen molar-refractivity contribution >= 4 is 62.3 Å². The van der Waals surface area contributed by atoms with Crippen LogP contribution in [0.25, 0.3) is 0 Å². The van der Waals surface area contributed by atoms with Crippen molar-refractivity contribution in [2.75, 3.05) is 25.1 Å². The van der Waals surface area contributed by atoms with Crippen molar-refractivity contribution in [3.8, 4) is 11.5 Å². The molecule has 236 valence electrons. The quantitative estimate of drug-likeness (QED) is 0.239. The predicted molar refractivity (Wildman–Crippen MR) is 172 cm³/mol. The number of carbonyl (C=O) groups excluding carboxylic acids is 2. The zero-order valence-electron chi connectivity index (χ0n) is 24.6. The number of hydrogen-bond donors (Lipinski definition) is 1. The van der Waals surface area contributed by atoms with Crippen LogP contribution in [-0.4, -0.2) is 58.0 Å². The van der Waals surface area contributed by atoms with Crippen LogP contribution in [-0.2, 0) is 26.2 Å². The molecule has 0 unspecified atom stereocenters. The van der Waals surface area contributed by atoms with Gasteiger partial charge in [0.15, 0.2) is 11.5 Å². The molecule has 0 bridgehead atoms. The Morgan fingerprint density at radius 1 is 0.909 bits per heavy atom. The molecule has 1 fully saturated rings. The summed E-state index contributed by atoms with van der Waals surface area (Å²) in [4.78, 5) is 28.7. The number of ether oxygens (including phenoxy) is 2. The summed E-state index contributed by atoms with van der Waals surface area (Å²) >= 11 is 18.7. The van der Waals surface area contributed by atoms with Gasteiger partial charge in [0.05, 0.1) is 24.8 Å². The van der Waals surface area contributed by atoms with Gasteiger partial charge in [-0.05, 0) is 73.9 Å². The van der Waals surface area contributed by atoms with Gasteiger partial charge < -0.3 is 19.7 Å². The number of hydrogen-bond acceptors (Lipinski definition) is 6. The third kappa shape index (κ3) is 7.90. The highest BCUT2D eigenvalue weighted by Crippen LogP contribution is 2.33. The number of halogens is 3. The second kappa shape index (κ2) is 14.7. The van der Waals surface area contributed by atoms with Gasteiger partial charge in [0, 0.05) is 33.7 Å². The van der Waals surface area contributed by atoms with E-state index in [1.54, 1.807) is 25.1 Å². The average Bonchev–Trinajstić information content (AvgIpc) is 3.52. The van der Waals surface area contributed by atoms with Gasteiger partial charge in [-0.3, -0.25) is 13.9 Å². The molecule has 3 aromatic rings. The Morgan fingerprint density at radius 2 is 1.55 bits per heavy atom. The number of methoxy groups -OCH3 is 2. The number of nitrogens with one attached hydrogen (secondary N) is 1. The smallest absolute Gasteiger partial charge is 0.264 e. The van der Waals surface area contributed by atoms with Crippen LogP contribution in [0.1, 0.15) is 38.2 Å². The molecule has 13 heteroatoms. The van der Waals surface area contributed by atoms with Crippen molar-refractivity contribution in [1.82, 2.24) is 10.2 Å². The third-order valence-corrected chi connectivity index (χ3v) is 10.2. The fourth-order valence-corrected chi connectivity index (χ4v) is 7.07. The monoisotopic (exact) mass is 681 g/mol. The molecule has 1 aliphatic rings. The van der Waals surface area contributed by atoms with Crippen molar-refractivity contribution in [3.05, 3.63) is 81.3 Å². The Labute approximate surface area is 273 Å². The summed E-state index contributed by atoms with van der Waals surface area (Å²) in [5.74, 6) is -0.416. The first-order chi connectivity index (χ1) is 20.9. The van der Waals surface area contributed by atoms with Crippen LogP contribution in [0, 0.1) is 0 Å². The molecule has 2 amide bonds. The predicted octanol–water partition coefficient (Wildman–Crippen LogP) is 6.34. The number of carbonyl (C=O) groups is 2. The number of amides is 2. The Balaban J connectivity index is 1.73. The Kier molecular flexibility index (Phi) is 11.3. The first kappa shape index (κ1) is 33.7. The Bertz CT molecular complexity index is 1600. The number of nitrogens with zero attached hydrogens (tertiary/aromatic N) is 2. The molecular formula is C31H34Cl3N3O6S. The largest absolute Gasteiger partial charge is 0.493 e. The SMILES string of the molecule is COc1ccc(S(=O)(=O)N(CC(=O)N(Cc2ccc(Cl)cc2Cl)[C@@H](C)C(=O)NC2CCCC2)c2ccc(Cl)cc2)cc1OC. The second-order valence-electron chi connectivity index (χ2n) is 10.4. The third-order valence-electron chi connectivity index (χ3n) is 7.56. The summed E-state index contributed by atoms with van der Waals surface area (Å²) in [5.41, 5.74) is 0.746. The van der Waals surface area contributed by atoms with E-state index in [1.165, 1.54) is 61.6 Å². The fraction of sp³-hybridized carbons (Fsp3) is 0.355. The van der Waals surface area contributed by atoms with Gasteiger partial charge in [-0.15, -0.1) is 0 Å². The minimum absolute atomic E-state index is 0.0250. The zero-order valence-corrected chi connectivity index (χ0v) is 27.6. The van der Waals surface area contributed by atoms with Gasteiger partial charge in [0.25, 0.3) is 10.0 Å². The summed E-state index contributed by atoms with van der Waals surface area (Å²) < 4.78 is 39.8. The van der Waals surface area contributed by atoms with Crippen molar-refractivity contribution in [3.63, 3.8) is 0 Å². The highest BCUT2D eigenvalue weighted by Gasteiger charge is 2.34. The highest BCUT2D eigenvalue weighted by molar-refractivity contribution is 7.92. The molecule has 0 saturated heterocycles. The molecule has 1 saturated carbocycles. The lowest BCUT2D eigenvalue weighted by atomic mass is 10.1. The maximum Gasteiger partial charge on any atom is 0.264 e. The summed E-state index contributed by atoms with van der Waals surface area (Å²) in [6.45, 7) is 0.936. The summed E-state index contributed by atoms with van der Waals surface area (Å²) in [5, 5.41) is 4.15. The van der Waals surface area contributed by atoms with E-state index in [1.807, 2.05) is 0 Å². The van der Waals surface area contributed by atoms with Crippen LogP contribution in [0.2, 0.25) is 15.1 Å². The Hall–Kier alpha value is -3.18. The van der Waals surface area contributed by atoms with Gasteiger partial charge in [0.1, 0.15) is 12.6 Å². The van der Waals surface area contributed by atoms with Crippen LogP contribution >= 0.6 is 34.8 Å². The summed E-state index contributed by atoms with van der Waals surface area (Å²) in [6, 6.07) is 14.2. The standard InChI is InChI=1S/C31H34Cl3N3O6S/c1-20(31(39)35-24-6-4-5-7-24)36(18-21-8-9-23(33)16-27(21)34)30(38)19-37(25-12-10-22(32)11-13-25)44(40,41)26-14-15-28(42-2)29(17-26)43-3/h8-17,20,24H,4-7,18-19H2,1-3H3,(H,35,39)/t20-/m0/s1. The van der Waals surface area contributed by atoms with Crippen LogP contribution in [0.3, 0.4) is 0 Å². The summed E-state index contributed by atoms with van der Waals surface area (Å²) in [7, 11) is -1.51. The Morgan fingerprint density at radius 3 is 2.16 bits per heavy atom. The molecule has 0 radical (unpaired) electrons. The minimum Gasteiger partial charge on any atom is -0.493 e. The molecule has 1 N–H and O–H groups in total. The average molecular weight is 683 g/mol. The number of anilines is 1. The van der Waals surface area contributed by atoms with E-state index in [9.17, 15) is 18.0 Å². The van der Waals surface area contributed by atoms with Crippen molar-refractivity contribution in [2.24, 2.45) is 0 Å². The van der Waals surface area contributed by atoms with Gasteiger partial charge in [0.2, 0.25) is 11.8 Å². The van der Waals surface area contributed by atoms with E-state index in [2.05, 4.69) is 5.32 Å². The molecule has 44 heavy (non-hydrogen) atoms. The lowest BCUT2D eigenvalue weighted by molar-refractivity contribution is -0.139. The molecule has 3 aromatic carbocycles. The molecule has 9 nitrogen and oxygen atoms in total. The van der Waals surface area contributed by atoms with Crippen molar-refractivity contribution in [2.45, 2.75) is 56.1 Å². The summed E-state index contributed by atoms with van der Waals surface area (Å²) in [6.07, 6.45) is 3.77. The van der Waals surface area contributed by atoms with Crippen LogP contribution in [0.4, 0.5) is 5.69 Å². The normalized spacial score (nSPS) is 14.1. The van der Waals surface area contributed by atoms with E-state index < -0.39 is 28.5 Å². The van der Waals surface area contributed by atoms with Gasteiger partial charge >= 0.3 is 0 Å². The van der Waals surface area contributed by atoms with E-state index in [0.717, 1.165) is 30.0 Å². The van der Waals surface area contributed by atoms with E-state index in [0.29, 0.717) is 26.4 Å². The highest BCUT2D eigenvalue weighted by atomic mass is 35.5. The van der Waals surface area contributed by atoms with E-state index in [-0.39, 0.29) is 34.8 Å². The molecule has 0 aliphatic heterocycles. The van der Waals surface area contributed by atoms with Gasteiger partial charge in [-0.1, -0.05) is 53.7 Å². The second-order valence-corrected chi connectivity index (χ2v) is 13.6. The van der Waals surface area contributed by atoms with Crippen molar-refractivity contribution in [1.29, 1.82) is 0 Å². The van der Waals surface area contributed by atoms with Gasteiger partial charge in [-0.25, -0.2) is 8.42 Å². The first-order valence-electron chi connectivity index (χ1n) is 14.0. The molecule has 0 spiro atoms. The topological polar surface area (TPSA) is 105 Å². The molecule has 0 aromatic heterocycles. The number of sulfonamides is 1. The maximum atomic E-state index is 14.2. The zero-order chi connectivity index (χ0) is 32.0. The van der Waals surface area contributed by atoms with Crippen LogP contribution in [0.5, 0.6) is 11.5 Å². The maximum absolute atomic E-state index is 14.2. The minimum atomic E-state index is -4.34.